The quantitative estimate of drug-likeness (QED) is 0.504. The molecule has 2 rings (SSSR count). The van der Waals surface area contributed by atoms with Gasteiger partial charge in [0.05, 0.1) is 23.3 Å². The van der Waals surface area contributed by atoms with Crippen LogP contribution in [0.4, 0.5) is 0 Å². The molecule has 0 bridgehead atoms. The fourth-order valence-electron chi connectivity index (χ4n) is 2.15. The summed E-state index contributed by atoms with van der Waals surface area (Å²) in [5.41, 5.74) is 1.81. The first-order valence-corrected chi connectivity index (χ1v) is 8.56. The summed E-state index contributed by atoms with van der Waals surface area (Å²) >= 11 is 24.1. The van der Waals surface area contributed by atoms with Crippen LogP contribution in [-0.4, -0.2) is 13.2 Å². The Morgan fingerprint density at radius 3 is 1.43 bits per heavy atom. The van der Waals surface area contributed by atoms with Crippen LogP contribution in [-0.2, 0) is 0 Å². The average molecular weight is 394 g/mol. The molecule has 2 nitrogen and oxygen atoms in total. The second-order valence-corrected chi connectivity index (χ2v) is 6.81. The largest absolute Gasteiger partial charge is 0.492 e. The lowest BCUT2D eigenvalue weighted by atomic mass is 10.2. The van der Waals surface area contributed by atoms with Crippen molar-refractivity contribution in [3.05, 3.63) is 55.5 Å². The van der Waals surface area contributed by atoms with E-state index in [1.807, 2.05) is 26.0 Å². The van der Waals surface area contributed by atoms with Crippen LogP contribution in [0.5, 0.6) is 11.5 Å². The van der Waals surface area contributed by atoms with Crippen molar-refractivity contribution in [1.82, 2.24) is 0 Å². The molecule has 0 aromatic heterocycles. The maximum absolute atomic E-state index is 6.13. The highest BCUT2D eigenvalue weighted by molar-refractivity contribution is 6.36. The first kappa shape index (κ1) is 18.5. The molecule has 124 valence electrons. The zero-order valence-corrected chi connectivity index (χ0v) is 15.8. The summed E-state index contributed by atoms with van der Waals surface area (Å²) in [4.78, 5) is 0. The van der Waals surface area contributed by atoms with Crippen molar-refractivity contribution in [2.45, 2.75) is 20.3 Å². The van der Waals surface area contributed by atoms with Gasteiger partial charge in [-0.05, 0) is 49.2 Å². The minimum atomic E-state index is 0.479. The van der Waals surface area contributed by atoms with Crippen LogP contribution in [0.15, 0.2) is 24.3 Å². The van der Waals surface area contributed by atoms with E-state index in [4.69, 9.17) is 55.9 Å². The second-order valence-electron chi connectivity index (χ2n) is 5.12. The fourth-order valence-corrected chi connectivity index (χ4v) is 3.45. The van der Waals surface area contributed by atoms with Gasteiger partial charge >= 0.3 is 0 Å². The van der Waals surface area contributed by atoms with Crippen molar-refractivity contribution in [2.24, 2.45) is 0 Å². The molecule has 0 saturated carbocycles. The van der Waals surface area contributed by atoms with Crippen LogP contribution in [0.2, 0.25) is 20.1 Å². The summed E-state index contributed by atoms with van der Waals surface area (Å²) < 4.78 is 11.4. The van der Waals surface area contributed by atoms with E-state index in [1.165, 1.54) is 0 Å². The van der Waals surface area contributed by atoms with Crippen molar-refractivity contribution in [3.63, 3.8) is 0 Å². The molecule has 0 aliphatic carbocycles. The predicted molar refractivity (Wildman–Crippen MR) is 98.0 cm³/mol. The van der Waals surface area contributed by atoms with Gasteiger partial charge in [0, 0.05) is 16.5 Å². The van der Waals surface area contributed by atoms with Crippen LogP contribution >= 0.6 is 46.4 Å². The van der Waals surface area contributed by atoms with Crippen molar-refractivity contribution < 1.29 is 9.47 Å². The summed E-state index contributed by atoms with van der Waals surface area (Å²) in [6, 6.07) is 6.96. The van der Waals surface area contributed by atoms with Crippen molar-refractivity contribution in [1.29, 1.82) is 0 Å². The smallest absolute Gasteiger partial charge is 0.140 e. The van der Waals surface area contributed by atoms with Gasteiger partial charge in [0.25, 0.3) is 0 Å². The number of benzene rings is 2. The van der Waals surface area contributed by atoms with E-state index in [0.29, 0.717) is 51.2 Å². The van der Waals surface area contributed by atoms with Gasteiger partial charge in [-0.15, -0.1) is 0 Å². The van der Waals surface area contributed by atoms with Gasteiger partial charge < -0.3 is 9.47 Å². The first-order chi connectivity index (χ1) is 10.9. The number of hydrogen-bond donors (Lipinski definition) is 0. The molecular formula is C17H16Cl4O2. The van der Waals surface area contributed by atoms with Crippen LogP contribution in [0.3, 0.4) is 0 Å². The molecular weight excluding hydrogens is 378 g/mol. The zero-order valence-electron chi connectivity index (χ0n) is 12.8. The van der Waals surface area contributed by atoms with Crippen LogP contribution in [0, 0.1) is 13.8 Å². The highest BCUT2D eigenvalue weighted by atomic mass is 35.5. The van der Waals surface area contributed by atoms with E-state index in [1.54, 1.807) is 12.1 Å². The third kappa shape index (κ3) is 5.09. The molecule has 0 atom stereocenters. The van der Waals surface area contributed by atoms with Crippen molar-refractivity contribution in [2.75, 3.05) is 13.2 Å². The fraction of sp³-hybridized carbons (Fsp3) is 0.294. The lowest BCUT2D eigenvalue weighted by molar-refractivity contribution is 0.246. The van der Waals surface area contributed by atoms with Crippen molar-refractivity contribution >= 4 is 46.4 Å². The molecule has 0 aliphatic heterocycles. The summed E-state index contributed by atoms with van der Waals surface area (Å²) in [5.74, 6) is 1.30. The van der Waals surface area contributed by atoms with Crippen LogP contribution in [0.25, 0.3) is 0 Å². The Hall–Kier alpha value is -0.800. The molecule has 6 heteroatoms. The molecule has 0 heterocycles. The monoisotopic (exact) mass is 392 g/mol. The normalized spacial score (nSPS) is 10.7. The molecule has 23 heavy (non-hydrogen) atoms. The third-order valence-corrected chi connectivity index (χ3v) is 4.17. The van der Waals surface area contributed by atoms with E-state index in [9.17, 15) is 0 Å². The first-order valence-electron chi connectivity index (χ1n) is 7.05. The summed E-state index contributed by atoms with van der Waals surface area (Å²) in [6.07, 6.45) is 0.691. The summed E-state index contributed by atoms with van der Waals surface area (Å²) in [7, 11) is 0. The Balaban J connectivity index is 1.85. The van der Waals surface area contributed by atoms with Crippen LogP contribution < -0.4 is 9.47 Å². The highest BCUT2D eigenvalue weighted by Crippen LogP contribution is 2.33. The van der Waals surface area contributed by atoms with Crippen LogP contribution in [0.1, 0.15) is 17.5 Å². The van der Waals surface area contributed by atoms with E-state index in [-0.39, 0.29) is 0 Å². The molecule has 0 amide bonds. The number of aryl methyl sites for hydroxylation is 2. The molecule has 2 aromatic rings. The topological polar surface area (TPSA) is 18.5 Å². The standard InChI is InChI=1S/C17H16Cl4O2/c1-10-6-12(18)8-14(20)16(10)22-4-3-5-23-17-11(2)7-13(19)9-15(17)21/h6-9H,3-5H2,1-2H3. The van der Waals surface area contributed by atoms with Gasteiger partial charge in [0.15, 0.2) is 0 Å². The summed E-state index contributed by atoms with van der Waals surface area (Å²) in [5, 5.41) is 2.20. The number of hydrogen-bond acceptors (Lipinski definition) is 2. The molecule has 2 aromatic carbocycles. The van der Waals surface area contributed by atoms with Gasteiger partial charge in [0.2, 0.25) is 0 Å². The average Bonchev–Trinajstić information content (AvgIpc) is 2.42. The Labute approximate surface area is 156 Å². The van der Waals surface area contributed by atoms with E-state index >= 15 is 0 Å². The van der Waals surface area contributed by atoms with E-state index in [0.717, 1.165) is 11.1 Å². The minimum Gasteiger partial charge on any atom is -0.492 e. The number of rotatable bonds is 6. The Bertz CT molecular complexity index is 595. The minimum absolute atomic E-state index is 0.479. The van der Waals surface area contributed by atoms with Gasteiger partial charge in [0.1, 0.15) is 11.5 Å². The lowest BCUT2D eigenvalue weighted by Crippen LogP contribution is -2.07. The molecule has 0 N–H and O–H groups in total. The lowest BCUT2D eigenvalue weighted by Gasteiger charge is -2.13. The second kappa shape index (κ2) is 8.34. The zero-order chi connectivity index (χ0) is 17.0. The third-order valence-electron chi connectivity index (χ3n) is 3.17. The maximum atomic E-state index is 6.13. The van der Waals surface area contributed by atoms with Crippen molar-refractivity contribution in [3.8, 4) is 11.5 Å². The van der Waals surface area contributed by atoms with Gasteiger partial charge in [-0.3, -0.25) is 0 Å². The summed E-state index contributed by atoms with van der Waals surface area (Å²) in [6.45, 7) is 4.76. The molecule has 0 unspecified atom stereocenters. The van der Waals surface area contributed by atoms with E-state index in [2.05, 4.69) is 0 Å². The van der Waals surface area contributed by atoms with Gasteiger partial charge in [-0.1, -0.05) is 46.4 Å². The molecule has 0 fully saturated rings. The van der Waals surface area contributed by atoms with Gasteiger partial charge in [-0.2, -0.15) is 0 Å². The van der Waals surface area contributed by atoms with Gasteiger partial charge in [-0.25, -0.2) is 0 Å². The molecule has 0 aliphatic rings. The molecule has 0 saturated heterocycles. The molecule has 0 radical (unpaired) electrons. The Morgan fingerprint density at radius 1 is 0.696 bits per heavy atom. The maximum Gasteiger partial charge on any atom is 0.140 e. The predicted octanol–water partition coefficient (Wildman–Crippen LogP) is 6.76. The highest BCUT2D eigenvalue weighted by Gasteiger charge is 2.09. The Morgan fingerprint density at radius 2 is 1.09 bits per heavy atom. The SMILES string of the molecule is Cc1cc(Cl)cc(Cl)c1OCCCOc1c(C)cc(Cl)cc1Cl. The molecule has 0 spiro atoms. The van der Waals surface area contributed by atoms with E-state index < -0.39 is 0 Å². The number of halogens is 4. The Kier molecular flexibility index (Phi) is 6.72. The number of ether oxygens (including phenoxy) is 2.